The van der Waals surface area contributed by atoms with E-state index in [2.05, 4.69) is 72.8 Å². The molecule has 0 aromatic heterocycles. The number of ether oxygens (including phenoxy) is 1. The van der Waals surface area contributed by atoms with Gasteiger partial charge in [0, 0.05) is 11.8 Å². The van der Waals surface area contributed by atoms with Crippen LogP contribution in [0.25, 0.3) is 11.1 Å². The van der Waals surface area contributed by atoms with Crippen molar-refractivity contribution in [3.8, 4) is 11.1 Å². The van der Waals surface area contributed by atoms with Crippen LogP contribution >= 0.6 is 0 Å². The lowest BCUT2D eigenvalue weighted by molar-refractivity contribution is -0.140. The van der Waals surface area contributed by atoms with Crippen LogP contribution in [0.2, 0.25) is 0 Å². The monoisotopic (exact) mass is 342 g/mol. The molecule has 1 aliphatic rings. The summed E-state index contributed by atoms with van der Waals surface area (Å²) in [5.74, 6) is -0.153. The van der Waals surface area contributed by atoms with Crippen molar-refractivity contribution in [1.82, 2.24) is 0 Å². The number of carbonyl (C=O) groups excluding carboxylic acids is 1. The largest absolute Gasteiger partial charge is 0.469 e. The molecule has 2 nitrogen and oxygen atoms in total. The van der Waals surface area contributed by atoms with Gasteiger partial charge in [-0.15, -0.1) is 0 Å². The molecule has 0 radical (unpaired) electrons. The summed E-state index contributed by atoms with van der Waals surface area (Å²) in [4.78, 5) is 12.0. The number of esters is 1. The minimum atomic E-state index is -0.206. The third kappa shape index (κ3) is 2.72. The van der Waals surface area contributed by atoms with E-state index in [9.17, 15) is 4.79 Å². The van der Waals surface area contributed by atoms with Gasteiger partial charge < -0.3 is 4.74 Å². The Kier molecular flexibility index (Phi) is 4.34. The minimum Gasteiger partial charge on any atom is -0.469 e. The van der Waals surface area contributed by atoms with E-state index < -0.39 is 0 Å². The van der Waals surface area contributed by atoms with Crippen molar-refractivity contribution in [3.63, 3.8) is 0 Å². The Morgan fingerprint density at radius 3 is 1.92 bits per heavy atom. The van der Waals surface area contributed by atoms with Gasteiger partial charge in [0.05, 0.1) is 7.11 Å². The van der Waals surface area contributed by atoms with Gasteiger partial charge in [0.25, 0.3) is 0 Å². The Labute approximate surface area is 154 Å². The summed E-state index contributed by atoms with van der Waals surface area (Å²) in [5.41, 5.74) is 6.27. The lowest BCUT2D eigenvalue weighted by Crippen LogP contribution is -2.29. The molecular formula is C24H22O2. The Hall–Kier alpha value is -2.87. The minimum absolute atomic E-state index is 0.153. The molecule has 3 aromatic rings. The van der Waals surface area contributed by atoms with Crippen molar-refractivity contribution < 1.29 is 9.53 Å². The third-order valence-electron chi connectivity index (χ3n) is 5.51. The van der Waals surface area contributed by atoms with Crippen LogP contribution in [-0.2, 0) is 21.4 Å². The first-order chi connectivity index (χ1) is 12.7. The molecule has 4 rings (SSSR count). The summed E-state index contributed by atoms with van der Waals surface area (Å²) in [5, 5.41) is 0. The summed E-state index contributed by atoms with van der Waals surface area (Å²) >= 11 is 0. The Morgan fingerprint density at radius 2 is 1.35 bits per heavy atom. The van der Waals surface area contributed by atoms with Crippen LogP contribution < -0.4 is 0 Å². The van der Waals surface area contributed by atoms with Crippen molar-refractivity contribution in [2.45, 2.75) is 24.7 Å². The first-order valence-electron chi connectivity index (χ1n) is 9.05. The summed E-state index contributed by atoms with van der Waals surface area (Å²) in [7, 11) is 1.46. The molecule has 0 spiro atoms. The molecule has 130 valence electrons. The van der Waals surface area contributed by atoms with Gasteiger partial charge >= 0.3 is 5.97 Å². The van der Waals surface area contributed by atoms with Gasteiger partial charge in [-0.3, -0.25) is 4.79 Å². The van der Waals surface area contributed by atoms with E-state index in [-0.39, 0.29) is 11.4 Å². The standard InChI is InChI=1S/C24H22O2/c1-26-23(25)15-16-24(17-18-9-3-2-4-10-18)21-13-7-5-11-19(21)20-12-6-8-14-22(20)24/h2-14H,15-17H2,1H3. The van der Waals surface area contributed by atoms with E-state index in [1.54, 1.807) is 0 Å². The second-order valence-electron chi connectivity index (χ2n) is 6.91. The lowest BCUT2D eigenvalue weighted by Gasteiger charge is -2.32. The maximum Gasteiger partial charge on any atom is 0.305 e. The predicted octanol–water partition coefficient (Wildman–Crippen LogP) is 5.15. The number of benzene rings is 3. The van der Waals surface area contributed by atoms with E-state index in [0.717, 1.165) is 12.8 Å². The molecule has 0 N–H and O–H groups in total. The summed E-state index contributed by atoms with van der Waals surface area (Å²) in [6.07, 6.45) is 2.02. The Morgan fingerprint density at radius 1 is 0.808 bits per heavy atom. The summed E-state index contributed by atoms with van der Waals surface area (Å²) < 4.78 is 4.94. The number of methoxy groups -OCH3 is 1. The Balaban J connectivity index is 1.88. The van der Waals surface area contributed by atoms with E-state index in [1.807, 2.05) is 6.07 Å². The topological polar surface area (TPSA) is 26.3 Å². The van der Waals surface area contributed by atoms with Gasteiger partial charge in [-0.05, 0) is 40.7 Å². The average Bonchev–Trinajstić information content (AvgIpc) is 2.98. The van der Waals surface area contributed by atoms with Gasteiger partial charge in [0.15, 0.2) is 0 Å². The highest BCUT2D eigenvalue weighted by Crippen LogP contribution is 2.52. The summed E-state index contributed by atoms with van der Waals surface area (Å²) in [6.45, 7) is 0. The quantitative estimate of drug-likeness (QED) is 0.600. The van der Waals surface area contributed by atoms with E-state index >= 15 is 0 Å². The highest BCUT2D eigenvalue weighted by Gasteiger charge is 2.42. The van der Waals surface area contributed by atoms with Crippen LogP contribution in [0.15, 0.2) is 78.9 Å². The molecule has 0 aliphatic heterocycles. The molecular weight excluding hydrogens is 320 g/mol. The fourth-order valence-corrected chi connectivity index (χ4v) is 4.33. The molecule has 0 heterocycles. The Bertz CT molecular complexity index is 882. The number of fused-ring (bicyclic) bond motifs is 3. The lowest BCUT2D eigenvalue weighted by atomic mass is 9.70. The van der Waals surface area contributed by atoms with Gasteiger partial charge in [-0.2, -0.15) is 0 Å². The van der Waals surface area contributed by atoms with Crippen LogP contribution in [0.3, 0.4) is 0 Å². The maximum atomic E-state index is 12.0. The average molecular weight is 342 g/mol. The second kappa shape index (κ2) is 6.80. The fraction of sp³-hybridized carbons (Fsp3) is 0.208. The van der Waals surface area contributed by atoms with Gasteiger partial charge in [0.2, 0.25) is 0 Å². The zero-order valence-corrected chi connectivity index (χ0v) is 14.9. The van der Waals surface area contributed by atoms with Crippen LogP contribution in [0, 0.1) is 0 Å². The molecule has 2 heteroatoms. The zero-order valence-electron chi connectivity index (χ0n) is 14.9. The third-order valence-corrected chi connectivity index (χ3v) is 5.51. The van der Waals surface area contributed by atoms with Crippen molar-refractivity contribution in [3.05, 3.63) is 95.6 Å². The molecule has 0 fully saturated rings. The molecule has 0 bridgehead atoms. The van der Waals surface area contributed by atoms with Gasteiger partial charge in [-0.25, -0.2) is 0 Å². The zero-order chi connectivity index (χ0) is 18.0. The van der Waals surface area contributed by atoms with E-state index in [4.69, 9.17) is 4.74 Å². The van der Waals surface area contributed by atoms with Crippen LogP contribution in [0.5, 0.6) is 0 Å². The fourth-order valence-electron chi connectivity index (χ4n) is 4.33. The number of rotatable bonds is 5. The normalized spacial score (nSPS) is 13.7. The van der Waals surface area contributed by atoms with Crippen molar-refractivity contribution in [2.75, 3.05) is 7.11 Å². The van der Waals surface area contributed by atoms with E-state index in [0.29, 0.717) is 6.42 Å². The first-order valence-corrected chi connectivity index (χ1v) is 9.05. The second-order valence-corrected chi connectivity index (χ2v) is 6.91. The molecule has 26 heavy (non-hydrogen) atoms. The number of hydrogen-bond acceptors (Lipinski definition) is 2. The van der Waals surface area contributed by atoms with Crippen LogP contribution in [0.1, 0.15) is 29.5 Å². The molecule has 3 aromatic carbocycles. The molecule has 0 saturated heterocycles. The highest BCUT2D eigenvalue weighted by atomic mass is 16.5. The first kappa shape index (κ1) is 16.6. The SMILES string of the molecule is COC(=O)CCC1(Cc2ccccc2)c2ccccc2-c2ccccc21. The molecule has 1 aliphatic carbocycles. The highest BCUT2D eigenvalue weighted by molar-refractivity contribution is 5.81. The van der Waals surface area contributed by atoms with Crippen LogP contribution in [0.4, 0.5) is 0 Å². The molecule has 0 unspecified atom stereocenters. The van der Waals surface area contributed by atoms with Crippen LogP contribution in [-0.4, -0.2) is 13.1 Å². The molecule has 0 amide bonds. The summed E-state index contributed by atoms with van der Waals surface area (Å²) in [6, 6.07) is 27.7. The van der Waals surface area contributed by atoms with Crippen molar-refractivity contribution in [1.29, 1.82) is 0 Å². The molecule has 0 atom stereocenters. The predicted molar refractivity (Wildman–Crippen MR) is 104 cm³/mol. The van der Waals surface area contributed by atoms with E-state index in [1.165, 1.54) is 34.9 Å². The van der Waals surface area contributed by atoms with Gasteiger partial charge in [-0.1, -0.05) is 78.9 Å². The molecule has 0 saturated carbocycles. The smallest absolute Gasteiger partial charge is 0.305 e. The number of carbonyl (C=O) groups is 1. The van der Waals surface area contributed by atoms with Crippen molar-refractivity contribution in [2.24, 2.45) is 0 Å². The van der Waals surface area contributed by atoms with Crippen molar-refractivity contribution >= 4 is 5.97 Å². The van der Waals surface area contributed by atoms with Gasteiger partial charge in [0.1, 0.15) is 0 Å². The number of hydrogen-bond donors (Lipinski definition) is 0. The maximum absolute atomic E-state index is 12.0.